The van der Waals surface area contributed by atoms with Gasteiger partial charge in [-0.3, -0.25) is 10.1 Å². The first-order valence-corrected chi connectivity index (χ1v) is 7.18. The van der Waals surface area contributed by atoms with E-state index in [1.165, 1.54) is 0 Å². The van der Waals surface area contributed by atoms with Crippen LogP contribution in [0.4, 0.5) is 10.1 Å². The number of nitrogens with zero attached hydrogens (tertiary/aromatic N) is 1. The zero-order valence-corrected chi connectivity index (χ0v) is 11.0. The molecule has 0 N–H and O–H groups in total. The van der Waals surface area contributed by atoms with Crippen LogP contribution in [0.15, 0.2) is 23.1 Å². The fourth-order valence-electron chi connectivity index (χ4n) is 1.35. The number of rotatable bonds is 5. The quantitative estimate of drug-likeness (QED) is 0.475. The number of halogens is 2. The predicted octanol–water partition coefficient (Wildman–Crippen LogP) is 2.38. The van der Waals surface area contributed by atoms with E-state index >= 15 is 0 Å². The van der Waals surface area contributed by atoms with Crippen LogP contribution in [-0.2, 0) is 9.84 Å². The smallest absolute Gasteiger partial charge is 0.258 e. The predicted molar refractivity (Wildman–Crippen MR) is 65.0 cm³/mol. The van der Waals surface area contributed by atoms with Crippen LogP contribution in [0, 0.1) is 21.8 Å². The molecule has 1 unspecified atom stereocenters. The molecule has 100 valence electrons. The molecule has 0 fully saturated rings. The highest BCUT2D eigenvalue weighted by Gasteiger charge is 2.22. The lowest BCUT2D eigenvalue weighted by Crippen LogP contribution is -2.15. The van der Waals surface area contributed by atoms with E-state index in [2.05, 4.69) is 0 Å². The largest absolute Gasteiger partial charge is 0.273 e. The summed E-state index contributed by atoms with van der Waals surface area (Å²) in [4.78, 5) is 9.30. The Hall–Kier alpha value is -1.21. The molecular weight excluding hydrogens is 285 g/mol. The van der Waals surface area contributed by atoms with Crippen LogP contribution in [0.1, 0.15) is 6.92 Å². The normalized spacial score (nSPS) is 13.3. The second-order valence-electron chi connectivity index (χ2n) is 3.94. The highest BCUT2D eigenvalue weighted by Crippen LogP contribution is 2.22. The van der Waals surface area contributed by atoms with Gasteiger partial charge in [-0.2, -0.15) is 0 Å². The van der Waals surface area contributed by atoms with Crippen LogP contribution in [0.3, 0.4) is 0 Å². The molecular formula is C10H11ClFNO4S. The van der Waals surface area contributed by atoms with Crippen molar-refractivity contribution in [2.24, 2.45) is 5.92 Å². The molecule has 1 aromatic carbocycles. The molecule has 0 heterocycles. The van der Waals surface area contributed by atoms with Gasteiger partial charge in [0.1, 0.15) is 5.82 Å². The number of nitro groups is 1. The summed E-state index contributed by atoms with van der Waals surface area (Å²) in [5, 5.41) is 10.5. The first-order chi connectivity index (χ1) is 8.26. The third-order valence-corrected chi connectivity index (χ3v) is 4.68. The average molecular weight is 296 g/mol. The second-order valence-corrected chi connectivity index (χ2v) is 6.29. The van der Waals surface area contributed by atoms with E-state index in [0.717, 1.165) is 12.1 Å². The minimum Gasteiger partial charge on any atom is -0.258 e. The van der Waals surface area contributed by atoms with Gasteiger partial charge in [-0.25, -0.2) is 12.8 Å². The van der Waals surface area contributed by atoms with Crippen molar-refractivity contribution in [2.75, 3.05) is 11.6 Å². The van der Waals surface area contributed by atoms with E-state index < -0.39 is 31.2 Å². The molecule has 1 atom stereocenters. The topological polar surface area (TPSA) is 77.3 Å². The third-order valence-electron chi connectivity index (χ3n) is 2.19. The lowest BCUT2D eigenvalue weighted by atomic mass is 10.3. The molecule has 0 aliphatic heterocycles. The molecule has 0 saturated heterocycles. The molecule has 0 aliphatic rings. The Morgan fingerprint density at radius 1 is 1.44 bits per heavy atom. The van der Waals surface area contributed by atoms with Crippen molar-refractivity contribution in [3.8, 4) is 0 Å². The summed E-state index contributed by atoms with van der Waals surface area (Å²) in [5.41, 5.74) is -0.591. The lowest BCUT2D eigenvalue weighted by molar-refractivity contribution is -0.385. The van der Waals surface area contributed by atoms with Gasteiger partial charge in [-0.15, -0.1) is 11.6 Å². The van der Waals surface area contributed by atoms with Gasteiger partial charge in [0, 0.05) is 11.9 Å². The SMILES string of the molecule is CC(CCl)CS(=O)(=O)c1cc(F)cc([N+](=O)[O-])c1. The molecule has 0 amide bonds. The van der Waals surface area contributed by atoms with E-state index in [1.54, 1.807) is 6.92 Å². The number of sulfone groups is 1. The summed E-state index contributed by atoms with van der Waals surface area (Å²) >= 11 is 5.51. The Bertz CT molecular complexity index is 561. The van der Waals surface area contributed by atoms with Gasteiger partial charge in [-0.05, 0) is 12.0 Å². The molecule has 5 nitrogen and oxygen atoms in total. The highest BCUT2D eigenvalue weighted by atomic mass is 35.5. The van der Waals surface area contributed by atoms with E-state index in [4.69, 9.17) is 11.6 Å². The first kappa shape index (κ1) is 14.8. The van der Waals surface area contributed by atoms with Crippen LogP contribution >= 0.6 is 11.6 Å². The zero-order valence-electron chi connectivity index (χ0n) is 9.47. The minimum atomic E-state index is -3.78. The Kier molecular flexibility index (Phi) is 4.64. The van der Waals surface area contributed by atoms with Crippen molar-refractivity contribution in [1.29, 1.82) is 0 Å². The summed E-state index contributed by atoms with van der Waals surface area (Å²) in [6.45, 7) is 1.62. The van der Waals surface area contributed by atoms with Gasteiger partial charge in [0.2, 0.25) is 0 Å². The summed E-state index contributed by atoms with van der Waals surface area (Å²) in [6.07, 6.45) is 0. The van der Waals surface area contributed by atoms with Crippen LogP contribution < -0.4 is 0 Å². The van der Waals surface area contributed by atoms with E-state index in [0.29, 0.717) is 6.07 Å². The number of alkyl halides is 1. The van der Waals surface area contributed by atoms with Gasteiger partial charge in [0.15, 0.2) is 9.84 Å². The Morgan fingerprint density at radius 2 is 2.06 bits per heavy atom. The van der Waals surface area contributed by atoms with Crippen LogP contribution in [0.5, 0.6) is 0 Å². The van der Waals surface area contributed by atoms with Crippen molar-refractivity contribution >= 4 is 27.1 Å². The maximum atomic E-state index is 13.1. The number of hydrogen-bond acceptors (Lipinski definition) is 4. The highest BCUT2D eigenvalue weighted by molar-refractivity contribution is 7.91. The van der Waals surface area contributed by atoms with Gasteiger partial charge >= 0.3 is 0 Å². The van der Waals surface area contributed by atoms with Crippen LogP contribution in [-0.4, -0.2) is 25.0 Å². The molecule has 0 radical (unpaired) electrons. The second kappa shape index (κ2) is 5.62. The Labute approximate surface area is 109 Å². The average Bonchev–Trinajstić information content (AvgIpc) is 2.27. The summed E-state index contributed by atoms with van der Waals surface area (Å²) < 4.78 is 36.9. The van der Waals surface area contributed by atoms with Crippen molar-refractivity contribution in [3.63, 3.8) is 0 Å². The molecule has 1 rings (SSSR count). The number of hydrogen-bond donors (Lipinski definition) is 0. The standard InChI is InChI=1S/C10H11ClFNO4S/c1-7(5-11)6-18(16,17)10-3-8(12)2-9(4-10)13(14)15/h2-4,7H,5-6H2,1H3. The van der Waals surface area contributed by atoms with Crippen molar-refractivity contribution < 1.29 is 17.7 Å². The van der Waals surface area contributed by atoms with Crippen molar-refractivity contribution in [1.82, 2.24) is 0 Å². The molecule has 18 heavy (non-hydrogen) atoms. The first-order valence-electron chi connectivity index (χ1n) is 5.00. The van der Waals surface area contributed by atoms with Crippen LogP contribution in [0.2, 0.25) is 0 Å². The zero-order chi connectivity index (χ0) is 13.9. The number of benzene rings is 1. The van der Waals surface area contributed by atoms with Gasteiger partial charge in [0.05, 0.1) is 21.6 Å². The maximum absolute atomic E-state index is 13.1. The van der Waals surface area contributed by atoms with Gasteiger partial charge in [0.25, 0.3) is 5.69 Å². The number of non-ortho nitro benzene ring substituents is 1. The Balaban J connectivity index is 3.20. The lowest BCUT2D eigenvalue weighted by Gasteiger charge is -2.08. The third kappa shape index (κ3) is 3.64. The summed E-state index contributed by atoms with van der Waals surface area (Å²) in [5.74, 6) is -1.42. The van der Waals surface area contributed by atoms with Crippen LogP contribution in [0.25, 0.3) is 0 Å². The van der Waals surface area contributed by atoms with Gasteiger partial charge < -0.3 is 0 Å². The van der Waals surface area contributed by atoms with E-state index in [1.807, 2.05) is 0 Å². The van der Waals surface area contributed by atoms with Gasteiger partial charge in [-0.1, -0.05) is 6.92 Å². The minimum absolute atomic E-state index is 0.136. The molecule has 1 aromatic rings. The van der Waals surface area contributed by atoms with Crippen molar-refractivity contribution in [2.45, 2.75) is 11.8 Å². The maximum Gasteiger partial charge on any atom is 0.273 e. The molecule has 8 heteroatoms. The summed E-state index contributed by atoms with van der Waals surface area (Å²) in [6, 6.07) is 2.28. The fraction of sp³-hybridized carbons (Fsp3) is 0.400. The van der Waals surface area contributed by atoms with Crippen molar-refractivity contribution in [3.05, 3.63) is 34.1 Å². The monoisotopic (exact) mass is 295 g/mol. The molecule has 0 bridgehead atoms. The summed E-state index contributed by atoms with van der Waals surface area (Å²) in [7, 11) is -3.78. The molecule has 0 aliphatic carbocycles. The molecule has 0 spiro atoms. The van der Waals surface area contributed by atoms with E-state index in [-0.39, 0.29) is 17.6 Å². The Morgan fingerprint density at radius 3 is 2.56 bits per heavy atom. The van der Waals surface area contributed by atoms with E-state index in [9.17, 15) is 22.9 Å². The number of nitro benzene ring substituents is 1. The molecule has 0 aromatic heterocycles. The fourth-order valence-corrected chi connectivity index (χ4v) is 3.24. The molecule has 0 saturated carbocycles.